The number of nitrogens with two attached hydrogens (primary N) is 1. The number of aromatic nitrogens is 4. The van der Waals surface area contributed by atoms with E-state index < -0.39 is 29.0 Å². The fourth-order valence-corrected chi connectivity index (χ4v) is 4.14. The summed E-state index contributed by atoms with van der Waals surface area (Å²) >= 11 is 0. The molecule has 1 saturated heterocycles. The van der Waals surface area contributed by atoms with E-state index in [1.807, 2.05) is 0 Å². The molecule has 1 atom stereocenters. The molecule has 2 N–H and O–H groups in total. The van der Waals surface area contributed by atoms with Crippen molar-refractivity contribution in [1.29, 1.82) is 0 Å². The third-order valence-electron chi connectivity index (χ3n) is 5.83. The average molecular weight is 498 g/mol. The second kappa shape index (κ2) is 10.2. The first-order valence-corrected chi connectivity index (χ1v) is 10.9. The van der Waals surface area contributed by atoms with Gasteiger partial charge in [-0.15, -0.1) is 0 Å². The average Bonchev–Trinajstić information content (AvgIpc) is 3.51. The van der Waals surface area contributed by atoms with E-state index in [-0.39, 0.29) is 29.9 Å². The largest absolute Gasteiger partial charge is 0.479 e. The first kappa shape index (κ1) is 24.9. The molecule has 0 saturated carbocycles. The number of nitrogens with zero attached hydrogens (tertiary/aromatic N) is 5. The molecule has 0 unspecified atom stereocenters. The molecule has 0 radical (unpaired) electrons. The van der Waals surface area contributed by atoms with E-state index in [1.54, 1.807) is 15.5 Å². The zero-order valence-corrected chi connectivity index (χ0v) is 20.0. The number of imidazole rings is 1. The summed E-state index contributed by atoms with van der Waals surface area (Å²) in [5, 5.41) is 0. The Labute approximate surface area is 205 Å². The number of nitrogen functional groups attached to an aromatic ring is 1. The van der Waals surface area contributed by atoms with Crippen LogP contribution in [0.4, 0.5) is 14.6 Å². The van der Waals surface area contributed by atoms with Gasteiger partial charge < -0.3 is 24.8 Å². The van der Waals surface area contributed by atoms with Crippen molar-refractivity contribution in [2.24, 2.45) is 0 Å². The van der Waals surface area contributed by atoms with Crippen LogP contribution >= 0.6 is 0 Å². The van der Waals surface area contributed by atoms with E-state index in [0.29, 0.717) is 36.5 Å². The number of rotatable bonds is 6. The fraction of sp³-hybridized carbons (Fsp3) is 0.333. The van der Waals surface area contributed by atoms with E-state index >= 15 is 0 Å². The number of carbonyl (C=O) groups is 1. The van der Waals surface area contributed by atoms with Gasteiger partial charge in [-0.1, -0.05) is 12.5 Å². The Bertz CT molecular complexity index is 1380. The predicted octanol–water partition coefficient (Wildman–Crippen LogP) is 2.05. The van der Waals surface area contributed by atoms with Crippen molar-refractivity contribution in [3.05, 3.63) is 53.3 Å². The van der Waals surface area contributed by atoms with Crippen LogP contribution in [0.1, 0.15) is 35.1 Å². The molecular weight excluding hydrogens is 474 g/mol. The maximum atomic E-state index is 14.8. The van der Waals surface area contributed by atoms with Crippen LogP contribution in [-0.2, 0) is 16.1 Å². The Morgan fingerprint density at radius 1 is 1.22 bits per heavy atom. The van der Waals surface area contributed by atoms with E-state index in [4.69, 9.17) is 19.9 Å². The zero-order chi connectivity index (χ0) is 26.0. The molecule has 188 valence electrons. The summed E-state index contributed by atoms with van der Waals surface area (Å²) in [6.45, 7) is 4.68. The van der Waals surface area contributed by atoms with Gasteiger partial charge in [0.05, 0.1) is 32.7 Å². The highest BCUT2D eigenvalue weighted by molar-refractivity contribution is 5.87. The summed E-state index contributed by atoms with van der Waals surface area (Å²) < 4.78 is 46.4. The predicted molar refractivity (Wildman–Crippen MR) is 125 cm³/mol. The number of hydrogen-bond acceptors (Lipinski definition) is 8. The molecule has 3 aromatic heterocycles. The second-order valence-electron chi connectivity index (χ2n) is 7.93. The number of ether oxygens (including phenoxy) is 3. The first-order chi connectivity index (χ1) is 17.3. The SMILES string of the molecule is C=CC(=O)N1CC[C@H](c2nc(C#Cc3c(F)c(OC)nc(OC)c3F)c3c(N)ncc(COC)n23)C1. The van der Waals surface area contributed by atoms with Gasteiger partial charge in [-0.3, -0.25) is 9.20 Å². The lowest BCUT2D eigenvalue weighted by Crippen LogP contribution is -2.26. The number of amides is 1. The number of halogens is 2. The molecule has 4 rings (SSSR count). The van der Waals surface area contributed by atoms with Gasteiger partial charge in [0.1, 0.15) is 22.6 Å². The lowest BCUT2D eigenvalue weighted by molar-refractivity contribution is -0.125. The molecule has 36 heavy (non-hydrogen) atoms. The Balaban J connectivity index is 1.90. The van der Waals surface area contributed by atoms with E-state index in [0.717, 1.165) is 0 Å². The van der Waals surface area contributed by atoms with Crippen LogP contribution < -0.4 is 15.2 Å². The Hall–Kier alpha value is -4.24. The number of methoxy groups -OCH3 is 3. The minimum Gasteiger partial charge on any atom is -0.479 e. The smallest absolute Gasteiger partial charge is 0.254 e. The lowest BCUT2D eigenvalue weighted by Gasteiger charge is -2.15. The maximum Gasteiger partial charge on any atom is 0.254 e. The van der Waals surface area contributed by atoms with Crippen LogP contribution in [0.2, 0.25) is 0 Å². The topological polar surface area (TPSA) is 117 Å². The summed E-state index contributed by atoms with van der Waals surface area (Å²) in [5.74, 6) is 2.52. The minimum atomic E-state index is -1.08. The third-order valence-corrected chi connectivity index (χ3v) is 5.83. The third kappa shape index (κ3) is 4.29. The van der Waals surface area contributed by atoms with E-state index in [2.05, 4.69) is 33.4 Å². The quantitative estimate of drug-likeness (QED) is 0.406. The molecule has 1 amide bonds. The number of likely N-dealkylation sites (tertiary alicyclic amines) is 1. The van der Waals surface area contributed by atoms with Crippen LogP contribution in [0.25, 0.3) is 5.52 Å². The molecule has 3 aromatic rings. The van der Waals surface area contributed by atoms with Gasteiger partial charge in [0, 0.05) is 26.1 Å². The molecular formula is C24H24F2N6O4. The Morgan fingerprint density at radius 2 is 1.92 bits per heavy atom. The highest BCUT2D eigenvalue weighted by Crippen LogP contribution is 2.32. The van der Waals surface area contributed by atoms with Gasteiger partial charge in [-0.2, -0.15) is 13.8 Å². The minimum absolute atomic E-state index is 0.126. The monoisotopic (exact) mass is 498 g/mol. The molecule has 4 heterocycles. The zero-order valence-electron chi connectivity index (χ0n) is 20.0. The van der Waals surface area contributed by atoms with Crippen LogP contribution in [0, 0.1) is 23.5 Å². The lowest BCUT2D eigenvalue weighted by atomic mass is 10.1. The molecule has 0 spiro atoms. The molecule has 1 fully saturated rings. The molecule has 12 heteroatoms. The van der Waals surface area contributed by atoms with Crippen LogP contribution in [0.5, 0.6) is 11.8 Å². The number of pyridine rings is 1. The Kier molecular flexibility index (Phi) is 7.03. The summed E-state index contributed by atoms with van der Waals surface area (Å²) in [6, 6.07) is 0. The van der Waals surface area contributed by atoms with Crippen LogP contribution in [-0.4, -0.2) is 64.6 Å². The summed E-state index contributed by atoms with van der Waals surface area (Å²) in [6.07, 6.45) is 3.47. The van der Waals surface area contributed by atoms with E-state index in [9.17, 15) is 13.6 Å². The van der Waals surface area contributed by atoms with Crippen molar-refractivity contribution < 1.29 is 27.8 Å². The summed E-state index contributed by atoms with van der Waals surface area (Å²) in [4.78, 5) is 26.3. The van der Waals surface area contributed by atoms with Crippen molar-refractivity contribution in [3.8, 4) is 23.6 Å². The van der Waals surface area contributed by atoms with Gasteiger partial charge in [-0.25, -0.2) is 9.97 Å². The van der Waals surface area contributed by atoms with Gasteiger partial charge in [-0.05, 0) is 18.4 Å². The van der Waals surface area contributed by atoms with Gasteiger partial charge in [0.2, 0.25) is 17.5 Å². The van der Waals surface area contributed by atoms with Crippen LogP contribution in [0.3, 0.4) is 0 Å². The molecule has 1 aliphatic rings. The number of hydrogen-bond donors (Lipinski definition) is 1. The molecule has 1 aliphatic heterocycles. The van der Waals surface area contributed by atoms with E-state index in [1.165, 1.54) is 27.4 Å². The second-order valence-corrected chi connectivity index (χ2v) is 7.93. The summed E-state index contributed by atoms with van der Waals surface area (Å²) in [7, 11) is 3.93. The number of fused-ring (bicyclic) bond motifs is 1. The van der Waals surface area contributed by atoms with Crippen molar-refractivity contribution >= 4 is 17.2 Å². The van der Waals surface area contributed by atoms with Gasteiger partial charge >= 0.3 is 0 Å². The van der Waals surface area contributed by atoms with Crippen LogP contribution in [0.15, 0.2) is 18.9 Å². The normalized spacial score (nSPS) is 15.0. The maximum absolute atomic E-state index is 14.8. The first-order valence-electron chi connectivity index (χ1n) is 10.9. The molecule has 10 nitrogen and oxygen atoms in total. The van der Waals surface area contributed by atoms with Crippen molar-refractivity contribution in [3.63, 3.8) is 0 Å². The highest BCUT2D eigenvalue weighted by atomic mass is 19.1. The molecule has 0 bridgehead atoms. The van der Waals surface area contributed by atoms with Crippen molar-refractivity contribution in [2.45, 2.75) is 18.9 Å². The van der Waals surface area contributed by atoms with Crippen molar-refractivity contribution in [2.75, 3.05) is 40.2 Å². The van der Waals surface area contributed by atoms with Gasteiger partial charge in [0.15, 0.2) is 5.82 Å². The summed E-state index contributed by atoms with van der Waals surface area (Å²) in [5.41, 5.74) is 6.78. The number of anilines is 1. The molecule has 0 aromatic carbocycles. The van der Waals surface area contributed by atoms with Gasteiger partial charge in [0.25, 0.3) is 11.8 Å². The van der Waals surface area contributed by atoms with Crippen molar-refractivity contribution in [1.82, 2.24) is 24.3 Å². The Morgan fingerprint density at radius 3 is 2.53 bits per heavy atom. The highest BCUT2D eigenvalue weighted by Gasteiger charge is 2.31. The molecule has 0 aliphatic carbocycles. The standard InChI is InChI=1S/C24H24F2N6O4/c1-5-17(33)31-9-8-13(11-31)22-29-16(20-21(27)28-10-14(12-34-2)32(20)22)7-6-15-18(25)23(35-3)30-24(36-4)19(15)26/h5,10,13H,1,8-9,11-12H2,2-4H3,(H2,27,28)/t13-/m0/s1. The fourth-order valence-electron chi connectivity index (χ4n) is 4.14. The number of carbonyl (C=O) groups excluding carboxylic acids is 1.